The number of imidazole rings is 1. The molecule has 2 aromatic rings. The predicted octanol–water partition coefficient (Wildman–Crippen LogP) is 2.52. The molecule has 0 aliphatic carbocycles. The van der Waals surface area contributed by atoms with Crippen LogP contribution in [0, 0.1) is 5.92 Å². The number of nitrogens with one attached hydrogen (secondary N) is 1. The van der Waals surface area contributed by atoms with Gasteiger partial charge in [-0.25, -0.2) is 13.4 Å². The standard InChI is InChI=1S/C20H28N4O5S/c1-14(2)23-12-19(21-13-23)30(26,27)24-7-5-6-15(11-24)20(25)22-16-8-17(28-3)10-18(9-16)29-4/h8-10,12-15H,5-7,11H2,1-4H3,(H,22,25)/t15-/m0/s1. The third-order valence-electron chi connectivity index (χ3n) is 5.15. The van der Waals surface area contributed by atoms with Gasteiger partial charge in [-0.2, -0.15) is 4.31 Å². The van der Waals surface area contributed by atoms with Gasteiger partial charge in [-0.3, -0.25) is 4.79 Å². The number of aromatic nitrogens is 2. The van der Waals surface area contributed by atoms with E-state index in [4.69, 9.17) is 9.47 Å². The van der Waals surface area contributed by atoms with E-state index in [-0.39, 0.29) is 23.5 Å². The average molecular weight is 437 g/mol. The molecule has 1 aliphatic rings. The Balaban J connectivity index is 1.73. The maximum absolute atomic E-state index is 13.0. The van der Waals surface area contributed by atoms with Gasteiger partial charge in [-0.05, 0) is 26.7 Å². The molecule has 1 aliphatic heterocycles. The van der Waals surface area contributed by atoms with Crippen molar-refractivity contribution in [2.24, 2.45) is 5.92 Å². The minimum Gasteiger partial charge on any atom is -0.497 e. The molecule has 1 amide bonds. The van der Waals surface area contributed by atoms with E-state index in [0.717, 1.165) is 0 Å². The van der Waals surface area contributed by atoms with Crippen LogP contribution in [0.15, 0.2) is 35.7 Å². The van der Waals surface area contributed by atoms with Crippen LogP contribution in [0.25, 0.3) is 0 Å². The van der Waals surface area contributed by atoms with Gasteiger partial charge in [0.05, 0.1) is 26.5 Å². The summed E-state index contributed by atoms with van der Waals surface area (Å²) >= 11 is 0. The highest BCUT2D eigenvalue weighted by molar-refractivity contribution is 7.89. The van der Waals surface area contributed by atoms with Gasteiger partial charge >= 0.3 is 0 Å². The summed E-state index contributed by atoms with van der Waals surface area (Å²) in [5.41, 5.74) is 0.534. The lowest BCUT2D eigenvalue weighted by Crippen LogP contribution is -2.43. The van der Waals surface area contributed by atoms with Gasteiger partial charge in [0.25, 0.3) is 10.0 Å². The zero-order valence-corrected chi connectivity index (χ0v) is 18.5. The molecule has 0 bridgehead atoms. The number of ether oxygens (including phenoxy) is 2. The number of hydrogen-bond acceptors (Lipinski definition) is 6. The number of benzene rings is 1. The molecule has 1 aromatic carbocycles. The summed E-state index contributed by atoms with van der Waals surface area (Å²) in [5, 5.41) is 2.86. The van der Waals surface area contributed by atoms with E-state index in [0.29, 0.717) is 36.6 Å². The number of nitrogens with zero attached hydrogens (tertiary/aromatic N) is 3. The highest BCUT2D eigenvalue weighted by atomic mass is 32.2. The number of carbonyl (C=O) groups excluding carboxylic acids is 1. The fraction of sp³-hybridized carbons (Fsp3) is 0.500. The van der Waals surface area contributed by atoms with Gasteiger partial charge in [0.1, 0.15) is 11.5 Å². The molecule has 164 valence electrons. The number of amides is 1. The molecule has 9 nitrogen and oxygen atoms in total. The number of methoxy groups -OCH3 is 2. The molecular weight excluding hydrogens is 408 g/mol. The maximum atomic E-state index is 13.0. The lowest BCUT2D eigenvalue weighted by atomic mass is 9.98. The minimum absolute atomic E-state index is 0.00907. The molecule has 0 unspecified atom stereocenters. The van der Waals surface area contributed by atoms with Gasteiger partial charge in [-0.1, -0.05) is 0 Å². The van der Waals surface area contributed by atoms with Crippen molar-refractivity contribution in [1.29, 1.82) is 0 Å². The Kier molecular flexibility index (Phi) is 6.67. The van der Waals surface area contributed by atoms with Crippen LogP contribution in [0.5, 0.6) is 11.5 Å². The summed E-state index contributed by atoms with van der Waals surface area (Å²) in [7, 11) is -0.689. The van der Waals surface area contributed by atoms with E-state index >= 15 is 0 Å². The average Bonchev–Trinajstić information content (AvgIpc) is 3.25. The second-order valence-corrected chi connectivity index (χ2v) is 9.43. The van der Waals surface area contributed by atoms with E-state index in [1.54, 1.807) is 22.8 Å². The normalized spacial score (nSPS) is 17.7. The Morgan fingerprint density at radius 2 is 1.87 bits per heavy atom. The monoisotopic (exact) mass is 436 g/mol. The highest BCUT2D eigenvalue weighted by Crippen LogP contribution is 2.28. The number of anilines is 1. The molecule has 30 heavy (non-hydrogen) atoms. The Hall–Kier alpha value is -2.59. The first-order valence-corrected chi connectivity index (χ1v) is 11.3. The molecular formula is C20H28N4O5S. The topological polar surface area (TPSA) is 103 Å². The summed E-state index contributed by atoms with van der Waals surface area (Å²) in [6, 6.07) is 5.20. The van der Waals surface area contributed by atoms with Crippen LogP contribution in [0.4, 0.5) is 5.69 Å². The molecule has 10 heteroatoms. The zero-order valence-electron chi connectivity index (χ0n) is 17.7. The maximum Gasteiger partial charge on any atom is 0.262 e. The third kappa shape index (κ3) is 4.76. The van der Waals surface area contributed by atoms with Gasteiger partial charge < -0.3 is 19.4 Å². The van der Waals surface area contributed by atoms with Crippen LogP contribution in [0.3, 0.4) is 0 Å². The first kappa shape index (κ1) is 22.1. The van der Waals surface area contributed by atoms with Crippen molar-refractivity contribution in [2.75, 3.05) is 32.6 Å². The van der Waals surface area contributed by atoms with E-state index in [1.165, 1.54) is 31.0 Å². The number of hydrogen-bond donors (Lipinski definition) is 1. The van der Waals surface area contributed by atoms with Crippen molar-refractivity contribution >= 4 is 21.6 Å². The summed E-state index contributed by atoms with van der Waals surface area (Å²) in [6.45, 7) is 4.39. The van der Waals surface area contributed by atoms with Crippen LogP contribution >= 0.6 is 0 Å². The Bertz CT molecular complexity index is 980. The smallest absolute Gasteiger partial charge is 0.262 e. The summed E-state index contributed by atoms with van der Waals surface area (Å²) in [4.78, 5) is 16.9. The van der Waals surface area contributed by atoms with Crippen molar-refractivity contribution in [3.05, 3.63) is 30.7 Å². The number of rotatable bonds is 7. The molecule has 1 fully saturated rings. The zero-order chi connectivity index (χ0) is 21.9. The number of piperidine rings is 1. The van der Waals surface area contributed by atoms with Gasteiger partial charge in [0, 0.05) is 49.2 Å². The molecule has 0 radical (unpaired) electrons. The minimum atomic E-state index is -3.75. The second-order valence-electron chi connectivity index (χ2n) is 7.55. The van der Waals surface area contributed by atoms with Crippen LogP contribution in [-0.4, -0.2) is 55.5 Å². The fourth-order valence-electron chi connectivity index (χ4n) is 3.36. The van der Waals surface area contributed by atoms with Crippen molar-refractivity contribution in [3.8, 4) is 11.5 Å². The molecule has 0 spiro atoms. The molecule has 3 rings (SSSR count). The second kappa shape index (κ2) is 9.05. The van der Waals surface area contributed by atoms with E-state index in [1.807, 2.05) is 13.8 Å². The summed E-state index contributed by atoms with van der Waals surface area (Å²) in [6.07, 6.45) is 4.26. The number of sulfonamides is 1. The van der Waals surface area contributed by atoms with Crippen LogP contribution in [-0.2, 0) is 14.8 Å². The molecule has 1 aromatic heterocycles. The fourth-order valence-corrected chi connectivity index (χ4v) is 4.81. The SMILES string of the molecule is COc1cc(NC(=O)[C@H]2CCCN(S(=O)(=O)c3cn(C(C)C)cn3)C2)cc(OC)c1. The molecule has 0 saturated carbocycles. The Morgan fingerprint density at radius 3 is 2.43 bits per heavy atom. The van der Waals surface area contributed by atoms with E-state index < -0.39 is 15.9 Å². The molecule has 1 N–H and O–H groups in total. The largest absolute Gasteiger partial charge is 0.497 e. The summed E-state index contributed by atoms with van der Waals surface area (Å²) in [5.74, 6) is 0.410. The highest BCUT2D eigenvalue weighted by Gasteiger charge is 2.34. The quantitative estimate of drug-likeness (QED) is 0.715. The summed E-state index contributed by atoms with van der Waals surface area (Å²) < 4.78 is 39.6. The van der Waals surface area contributed by atoms with Gasteiger partial charge in [0.15, 0.2) is 5.03 Å². The van der Waals surface area contributed by atoms with Crippen LogP contribution in [0.2, 0.25) is 0 Å². The van der Waals surface area contributed by atoms with Crippen molar-refractivity contribution < 1.29 is 22.7 Å². The third-order valence-corrected chi connectivity index (χ3v) is 6.90. The van der Waals surface area contributed by atoms with Gasteiger partial charge in [0.2, 0.25) is 5.91 Å². The van der Waals surface area contributed by atoms with Crippen molar-refractivity contribution in [1.82, 2.24) is 13.9 Å². The van der Waals surface area contributed by atoms with Crippen molar-refractivity contribution in [2.45, 2.75) is 37.8 Å². The predicted molar refractivity (Wildman–Crippen MR) is 112 cm³/mol. The molecule has 2 heterocycles. The van der Waals surface area contributed by atoms with Crippen molar-refractivity contribution in [3.63, 3.8) is 0 Å². The Labute approximate surface area is 177 Å². The molecule has 1 atom stereocenters. The lowest BCUT2D eigenvalue weighted by Gasteiger charge is -2.30. The van der Waals surface area contributed by atoms with Gasteiger partial charge in [-0.15, -0.1) is 0 Å². The van der Waals surface area contributed by atoms with Crippen LogP contribution in [0.1, 0.15) is 32.7 Å². The van der Waals surface area contributed by atoms with E-state index in [2.05, 4.69) is 10.3 Å². The molecule has 1 saturated heterocycles. The lowest BCUT2D eigenvalue weighted by molar-refractivity contribution is -0.120. The van der Waals surface area contributed by atoms with E-state index in [9.17, 15) is 13.2 Å². The van der Waals surface area contributed by atoms with Crippen LogP contribution < -0.4 is 14.8 Å². The Morgan fingerprint density at radius 1 is 1.20 bits per heavy atom. The number of carbonyl (C=O) groups is 1. The first-order valence-electron chi connectivity index (χ1n) is 9.82. The first-order chi connectivity index (χ1) is 14.2.